The Labute approximate surface area is 180 Å². The number of aromatic hydroxyl groups is 1. The molecule has 0 radical (unpaired) electrons. The minimum absolute atomic E-state index is 0.0206. The van der Waals surface area contributed by atoms with Crippen molar-refractivity contribution < 1.29 is 19.5 Å². The number of nitrogens with two attached hydrogens (primary N) is 1. The van der Waals surface area contributed by atoms with Gasteiger partial charge in [-0.15, -0.1) is 0 Å². The van der Waals surface area contributed by atoms with Gasteiger partial charge in [0.15, 0.2) is 0 Å². The van der Waals surface area contributed by atoms with E-state index in [2.05, 4.69) is 10.6 Å². The number of rotatable bonds is 5. The van der Waals surface area contributed by atoms with Gasteiger partial charge in [0.25, 0.3) is 5.91 Å². The van der Waals surface area contributed by atoms with E-state index in [4.69, 9.17) is 5.73 Å². The van der Waals surface area contributed by atoms with Crippen LogP contribution in [0.2, 0.25) is 0 Å². The molecule has 31 heavy (non-hydrogen) atoms. The lowest BCUT2D eigenvalue weighted by Gasteiger charge is -2.34. The van der Waals surface area contributed by atoms with Crippen LogP contribution in [0, 0.1) is 0 Å². The molecule has 2 aliphatic rings. The van der Waals surface area contributed by atoms with Crippen molar-refractivity contribution in [3.8, 4) is 5.75 Å². The molecule has 1 fully saturated rings. The number of carbonyl (C=O) groups is 3. The molecule has 2 aromatic rings. The van der Waals surface area contributed by atoms with Crippen molar-refractivity contribution in [1.82, 2.24) is 10.2 Å². The molecule has 0 saturated carbocycles. The number of likely N-dealkylation sites (tertiary alicyclic amines) is 1. The lowest BCUT2D eigenvalue weighted by Crippen LogP contribution is -2.51. The predicted molar refractivity (Wildman–Crippen MR) is 116 cm³/mol. The molecule has 2 heterocycles. The van der Waals surface area contributed by atoms with E-state index in [1.54, 1.807) is 47.4 Å². The summed E-state index contributed by atoms with van der Waals surface area (Å²) < 4.78 is 0. The van der Waals surface area contributed by atoms with Gasteiger partial charge in [0.05, 0.1) is 12.5 Å². The molecule has 162 valence electrons. The standard InChI is InChI=1S/C23H26N4O4/c24-19(11-14-1-5-18(28)6-2-14)23(31)27-9-7-17(8-10-27)25-22(30)16-4-3-15-13-21(29)26-20(15)12-16/h1-6,12,17,19,28H,7-11,13,24H2,(H,25,30)(H,26,29). The van der Waals surface area contributed by atoms with E-state index in [9.17, 15) is 19.5 Å². The predicted octanol–water partition coefficient (Wildman–Crippen LogP) is 1.18. The molecule has 1 saturated heterocycles. The van der Waals surface area contributed by atoms with Crippen LogP contribution in [0.25, 0.3) is 0 Å². The summed E-state index contributed by atoms with van der Waals surface area (Å²) >= 11 is 0. The van der Waals surface area contributed by atoms with Crippen LogP contribution >= 0.6 is 0 Å². The molecule has 8 heteroatoms. The number of nitrogens with zero attached hydrogens (tertiary/aromatic N) is 1. The highest BCUT2D eigenvalue weighted by Crippen LogP contribution is 2.24. The summed E-state index contributed by atoms with van der Waals surface area (Å²) in [6, 6.07) is 11.3. The van der Waals surface area contributed by atoms with Crippen LogP contribution in [0.15, 0.2) is 42.5 Å². The Kier molecular flexibility index (Phi) is 5.90. The fourth-order valence-corrected chi connectivity index (χ4v) is 4.08. The average Bonchev–Trinajstić information content (AvgIpc) is 3.14. The fraction of sp³-hybridized carbons (Fsp3) is 0.348. The van der Waals surface area contributed by atoms with Gasteiger partial charge in [0.2, 0.25) is 11.8 Å². The van der Waals surface area contributed by atoms with E-state index < -0.39 is 6.04 Å². The Morgan fingerprint density at radius 2 is 1.87 bits per heavy atom. The monoisotopic (exact) mass is 422 g/mol. The highest BCUT2D eigenvalue weighted by molar-refractivity contribution is 6.02. The van der Waals surface area contributed by atoms with Gasteiger partial charge < -0.3 is 26.4 Å². The topological polar surface area (TPSA) is 125 Å². The van der Waals surface area contributed by atoms with E-state index in [1.165, 1.54) is 0 Å². The van der Waals surface area contributed by atoms with Crippen LogP contribution < -0.4 is 16.4 Å². The smallest absolute Gasteiger partial charge is 0.251 e. The molecule has 8 nitrogen and oxygen atoms in total. The summed E-state index contributed by atoms with van der Waals surface area (Å²) in [6.45, 7) is 1.07. The Bertz CT molecular complexity index is 997. The van der Waals surface area contributed by atoms with Crippen molar-refractivity contribution in [2.45, 2.75) is 37.8 Å². The first-order chi connectivity index (χ1) is 14.9. The Hall–Kier alpha value is -3.39. The van der Waals surface area contributed by atoms with Crippen LogP contribution in [-0.2, 0) is 22.4 Å². The van der Waals surface area contributed by atoms with Crippen molar-refractivity contribution >= 4 is 23.4 Å². The maximum atomic E-state index is 12.7. The molecule has 0 aliphatic carbocycles. The molecule has 0 bridgehead atoms. The molecule has 4 rings (SSSR count). The maximum absolute atomic E-state index is 12.7. The van der Waals surface area contributed by atoms with E-state index in [0.29, 0.717) is 50.0 Å². The molecule has 0 spiro atoms. The number of phenolic OH excluding ortho intramolecular Hbond substituents is 1. The van der Waals surface area contributed by atoms with Gasteiger partial charge in [-0.25, -0.2) is 0 Å². The second-order valence-electron chi connectivity index (χ2n) is 8.15. The Balaban J connectivity index is 1.27. The lowest BCUT2D eigenvalue weighted by molar-refractivity contribution is -0.133. The van der Waals surface area contributed by atoms with Gasteiger partial charge >= 0.3 is 0 Å². The van der Waals surface area contributed by atoms with Crippen molar-refractivity contribution in [1.29, 1.82) is 0 Å². The van der Waals surface area contributed by atoms with Crippen molar-refractivity contribution in [3.05, 3.63) is 59.2 Å². The first-order valence-corrected chi connectivity index (χ1v) is 10.4. The molecule has 0 aromatic heterocycles. The third-order valence-corrected chi connectivity index (χ3v) is 5.85. The number of anilines is 1. The molecular formula is C23H26N4O4. The third-order valence-electron chi connectivity index (χ3n) is 5.85. The third kappa shape index (κ3) is 4.86. The quantitative estimate of drug-likeness (QED) is 0.576. The summed E-state index contributed by atoms with van der Waals surface area (Å²) in [5.74, 6) is -0.171. The second kappa shape index (κ2) is 8.77. The van der Waals surface area contributed by atoms with Gasteiger partial charge in [0, 0.05) is 30.4 Å². The highest BCUT2D eigenvalue weighted by Gasteiger charge is 2.28. The van der Waals surface area contributed by atoms with Gasteiger partial charge in [-0.2, -0.15) is 0 Å². The minimum Gasteiger partial charge on any atom is -0.508 e. The van der Waals surface area contributed by atoms with Crippen molar-refractivity contribution in [2.24, 2.45) is 5.73 Å². The Morgan fingerprint density at radius 1 is 1.16 bits per heavy atom. The highest BCUT2D eigenvalue weighted by atomic mass is 16.3. The number of hydrogen-bond donors (Lipinski definition) is 4. The molecule has 1 unspecified atom stereocenters. The van der Waals surface area contributed by atoms with Crippen LogP contribution in [0.1, 0.15) is 34.3 Å². The number of fused-ring (bicyclic) bond motifs is 1. The minimum atomic E-state index is -0.641. The van der Waals surface area contributed by atoms with Gasteiger partial charge in [-0.1, -0.05) is 18.2 Å². The van der Waals surface area contributed by atoms with Crippen LogP contribution in [0.5, 0.6) is 5.75 Å². The summed E-state index contributed by atoms with van der Waals surface area (Å²) in [7, 11) is 0. The Morgan fingerprint density at radius 3 is 2.58 bits per heavy atom. The molecule has 3 amide bonds. The largest absolute Gasteiger partial charge is 0.508 e. The normalized spacial score (nSPS) is 17.1. The fourth-order valence-electron chi connectivity index (χ4n) is 4.08. The molecular weight excluding hydrogens is 396 g/mol. The zero-order chi connectivity index (χ0) is 22.0. The van der Waals surface area contributed by atoms with Gasteiger partial charge in [-0.3, -0.25) is 14.4 Å². The SMILES string of the molecule is NC(Cc1ccc(O)cc1)C(=O)N1CCC(NC(=O)c2ccc3c(c2)NC(=O)C3)CC1. The summed E-state index contributed by atoms with van der Waals surface area (Å²) in [5, 5.41) is 15.1. The molecule has 2 aliphatic heterocycles. The van der Waals surface area contributed by atoms with Crippen LogP contribution in [-0.4, -0.2) is 52.9 Å². The van der Waals surface area contributed by atoms with Gasteiger partial charge in [0.1, 0.15) is 5.75 Å². The number of piperidine rings is 1. The average molecular weight is 422 g/mol. The summed E-state index contributed by atoms with van der Waals surface area (Å²) in [4.78, 5) is 38.5. The van der Waals surface area contributed by atoms with E-state index in [-0.39, 0.29) is 29.5 Å². The van der Waals surface area contributed by atoms with Crippen LogP contribution in [0.4, 0.5) is 5.69 Å². The van der Waals surface area contributed by atoms with Crippen LogP contribution in [0.3, 0.4) is 0 Å². The number of nitrogens with one attached hydrogen (secondary N) is 2. The lowest BCUT2D eigenvalue weighted by atomic mass is 10.0. The second-order valence-corrected chi connectivity index (χ2v) is 8.15. The number of carbonyl (C=O) groups excluding carboxylic acids is 3. The number of hydrogen-bond acceptors (Lipinski definition) is 5. The summed E-state index contributed by atoms with van der Waals surface area (Å²) in [5.41, 5.74) is 9.11. The van der Waals surface area contributed by atoms with Gasteiger partial charge in [-0.05, 0) is 54.7 Å². The zero-order valence-electron chi connectivity index (χ0n) is 17.1. The van der Waals surface area contributed by atoms with E-state index in [1.807, 2.05) is 0 Å². The van der Waals surface area contributed by atoms with Crippen molar-refractivity contribution in [2.75, 3.05) is 18.4 Å². The number of amides is 3. The van der Waals surface area contributed by atoms with Crippen molar-refractivity contribution in [3.63, 3.8) is 0 Å². The maximum Gasteiger partial charge on any atom is 0.251 e. The van der Waals surface area contributed by atoms with E-state index in [0.717, 1.165) is 11.1 Å². The first kappa shape index (κ1) is 20.9. The molecule has 2 aromatic carbocycles. The zero-order valence-corrected chi connectivity index (χ0v) is 17.1. The number of phenols is 1. The number of benzene rings is 2. The van der Waals surface area contributed by atoms with E-state index >= 15 is 0 Å². The molecule has 5 N–H and O–H groups in total. The molecule has 1 atom stereocenters. The first-order valence-electron chi connectivity index (χ1n) is 10.4. The summed E-state index contributed by atoms with van der Waals surface area (Å²) in [6.07, 6.45) is 2.07.